The Bertz CT molecular complexity index is 434. The lowest BCUT2D eigenvalue weighted by molar-refractivity contribution is -0.150. The molecule has 5 heteroatoms. The Morgan fingerprint density at radius 3 is 2.50 bits per heavy atom. The molecule has 0 spiro atoms. The summed E-state index contributed by atoms with van der Waals surface area (Å²) in [5, 5.41) is 0. The molecule has 4 aliphatic rings. The number of likely N-dealkylation sites (tertiary alicyclic amines) is 2. The van der Waals surface area contributed by atoms with Crippen molar-refractivity contribution in [3.8, 4) is 0 Å². The molecule has 3 heterocycles. The molecule has 0 aromatic heterocycles. The summed E-state index contributed by atoms with van der Waals surface area (Å²) in [6.07, 6.45) is 6.09. The van der Waals surface area contributed by atoms with Gasteiger partial charge in [0.15, 0.2) is 5.67 Å². The molecule has 0 aromatic carbocycles. The van der Waals surface area contributed by atoms with Crippen LogP contribution in [0.25, 0.3) is 0 Å². The highest BCUT2D eigenvalue weighted by molar-refractivity contribution is 5.86. The number of hydrogen-bond donors (Lipinski definition) is 0. The number of rotatable bonds is 3. The van der Waals surface area contributed by atoms with Crippen molar-refractivity contribution in [3.63, 3.8) is 0 Å². The van der Waals surface area contributed by atoms with Gasteiger partial charge in [-0.3, -0.25) is 9.69 Å². The normalized spacial score (nSPS) is 35.4. The van der Waals surface area contributed by atoms with E-state index < -0.39 is 5.67 Å². The zero-order valence-corrected chi connectivity index (χ0v) is 13.3. The van der Waals surface area contributed by atoms with Crippen LogP contribution in [-0.2, 0) is 9.53 Å². The zero-order chi connectivity index (χ0) is 15.2. The summed E-state index contributed by atoms with van der Waals surface area (Å²) >= 11 is 0. The van der Waals surface area contributed by atoms with Gasteiger partial charge in [0.2, 0.25) is 0 Å². The maximum Gasteiger partial charge on any atom is 0.260 e. The van der Waals surface area contributed by atoms with Crippen LogP contribution in [0.2, 0.25) is 0 Å². The zero-order valence-electron chi connectivity index (χ0n) is 13.3. The van der Waals surface area contributed by atoms with Crippen LogP contribution in [0, 0.1) is 5.92 Å². The fourth-order valence-electron chi connectivity index (χ4n) is 4.77. The Balaban J connectivity index is 1.37. The molecule has 0 unspecified atom stereocenters. The van der Waals surface area contributed by atoms with Crippen LogP contribution in [0.1, 0.15) is 44.9 Å². The van der Waals surface area contributed by atoms with E-state index in [2.05, 4.69) is 4.90 Å². The van der Waals surface area contributed by atoms with Crippen LogP contribution in [0.3, 0.4) is 0 Å². The molecule has 4 fully saturated rings. The Morgan fingerprint density at radius 1 is 1.09 bits per heavy atom. The molecule has 0 radical (unpaired) electrons. The van der Waals surface area contributed by atoms with Gasteiger partial charge in [-0.2, -0.15) is 0 Å². The third-order valence-corrected chi connectivity index (χ3v) is 6.32. The number of hydrogen-bond acceptors (Lipinski definition) is 3. The molecular formula is C17H27FN2O2. The smallest absolute Gasteiger partial charge is 0.260 e. The largest absolute Gasteiger partial charge is 0.381 e. The Labute approximate surface area is 132 Å². The first kappa shape index (κ1) is 14.9. The Morgan fingerprint density at radius 2 is 1.82 bits per heavy atom. The number of carbonyl (C=O) groups excluding carboxylic acids is 1. The summed E-state index contributed by atoms with van der Waals surface area (Å²) in [5.41, 5.74) is -1.52. The fourth-order valence-corrected chi connectivity index (χ4v) is 4.77. The summed E-state index contributed by atoms with van der Waals surface area (Å²) in [4.78, 5) is 17.0. The van der Waals surface area contributed by atoms with Gasteiger partial charge in [0.05, 0.1) is 0 Å². The van der Waals surface area contributed by atoms with E-state index in [9.17, 15) is 9.18 Å². The van der Waals surface area contributed by atoms with Crippen molar-refractivity contribution in [2.75, 3.05) is 32.8 Å². The first-order chi connectivity index (χ1) is 10.7. The van der Waals surface area contributed by atoms with E-state index in [1.807, 2.05) is 4.90 Å². The highest BCUT2D eigenvalue weighted by Crippen LogP contribution is 2.41. The van der Waals surface area contributed by atoms with Crippen molar-refractivity contribution in [1.29, 1.82) is 0 Å². The van der Waals surface area contributed by atoms with Crippen LogP contribution >= 0.6 is 0 Å². The molecule has 0 N–H and O–H groups in total. The molecule has 1 amide bonds. The number of ether oxygens (including phenoxy) is 1. The molecule has 4 nitrogen and oxygen atoms in total. The van der Waals surface area contributed by atoms with E-state index in [-0.39, 0.29) is 11.9 Å². The van der Waals surface area contributed by atoms with Gasteiger partial charge in [-0.05, 0) is 50.9 Å². The van der Waals surface area contributed by atoms with E-state index in [0.29, 0.717) is 18.9 Å². The number of nitrogens with zero attached hydrogens (tertiary/aromatic N) is 2. The summed E-state index contributed by atoms with van der Waals surface area (Å²) < 4.78 is 19.9. The first-order valence-corrected chi connectivity index (χ1v) is 8.99. The van der Waals surface area contributed by atoms with Crippen LogP contribution in [-0.4, -0.2) is 66.3 Å². The molecule has 1 saturated carbocycles. The molecule has 4 rings (SSSR count). The highest BCUT2D eigenvalue weighted by Gasteiger charge is 2.52. The minimum atomic E-state index is -1.52. The van der Waals surface area contributed by atoms with Crippen molar-refractivity contribution in [2.24, 2.45) is 5.92 Å². The first-order valence-electron chi connectivity index (χ1n) is 8.99. The predicted molar refractivity (Wildman–Crippen MR) is 81.3 cm³/mol. The van der Waals surface area contributed by atoms with E-state index in [4.69, 9.17) is 4.74 Å². The van der Waals surface area contributed by atoms with E-state index in [1.165, 1.54) is 0 Å². The SMILES string of the molecule is O=C(N1CC[C@H]2[C@H]1CCN2CC1CCOCC1)C1(F)CCC1. The number of carbonyl (C=O) groups is 1. The molecule has 2 atom stereocenters. The molecule has 3 saturated heterocycles. The van der Waals surface area contributed by atoms with Crippen molar-refractivity contribution in [1.82, 2.24) is 9.80 Å². The van der Waals surface area contributed by atoms with Crippen molar-refractivity contribution in [3.05, 3.63) is 0 Å². The van der Waals surface area contributed by atoms with Gasteiger partial charge in [-0.1, -0.05) is 0 Å². The number of halogens is 1. The lowest BCUT2D eigenvalue weighted by atomic mass is 9.81. The molecule has 1 aliphatic carbocycles. The van der Waals surface area contributed by atoms with Gasteiger partial charge < -0.3 is 9.64 Å². The highest BCUT2D eigenvalue weighted by atomic mass is 19.1. The lowest BCUT2D eigenvalue weighted by Gasteiger charge is -2.37. The van der Waals surface area contributed by atoms with Crippen LogP contribution in [0.4, 0.5) is 4.39 Å². The average molecular weight is 310 g/mol. The average Bonchev–Trinajstić information content (AvgIpc) is 3.08. The minimum Gasteiger partial charge on any atom is -0.381 e. The minimum absolute atomic E-state index is 0.209. The van der Waals surface area contributed by atoms with E-state index >= 15 is 0 Å². The van der Waals surface area contributed by atoms with Gasteiger partial charge in [0.1, 0.15) is 0 Å². The third-order valence-electron chi connectivity index (χ3n) is 6.32. The molecule has 3 aliphatic heterocycles. The van der Waals surface area contributed by atoms with Crippen LogP contribution in [0.5, 0.6) is 0 Å². The van der Waals surface area contributed by atoms with Crippen LogP contribution < -0.4 is 0 Å². The number of alkyl halides is 1. The monoisotopic (exact) mass is 310 g/mol. The second-order valence-corrected chi connectivity index (χ2v) is 7.58. The van der Waals surface area contributed by atoms with Gasteiger partial charge in [-0.15, -0.1) is 0 Å². The molecule has 0 bridgehead atoms. The van der Waals surface area contributed by atoms with Gasteiger partial charge in [0, 0.05) is 44.9 Å². The summed E-state index contributed by atoms with van der Waals surface area (Å²) in [6, 6.07) is 0.732. The third kappa shape index (κ3) is 2.46. The van der Waals surface area contributed by atoms with E-state index in [0.717, 1.165) is 70.9 Å². The quantitative estimate of drug-likeness (QED) is 0.799. The van der Waals surface area contributed by atoms with Crippen molar-refractivity contribution < 1.29 is 13.9 Å². The lowest BCUT2D eigenvalue weighted by Crippen LogP contribution is -2.52. The van der Waals surface area contributed by atoms with Gasteiger partial charge >= 0.3 is 0 Å². The maximum atomic E-state index is 14.5. The van der Waals surface area contributed by atoms with Crippen molar-refractivity contribution in [2.45, 2.75) is 62.7 Å². The maximum absolute atomic E-state index is 14.5. The molecule has 22 heavy (non-hydrogen) atoms. The van der Waals surface area contributed by atoms with Gasteiger partial charge in [-0.25, -0.2) is 4.39 Å². The topological polar surface area (TPSA) is 32.8 Å². The molecule has 0 aromatic rings. The van der Waals surface area contributed by atoms with E-state index in [1.54, 1.807) is 0 Å². The predicted octanol–water partition coefficient (Wildman–Crippen LogP) is 1.98. The second-order valence-electron chi connectivity index (χ2n) is 7.58. The number of amides is 1. The molecular weight excluding hydrogens is 283 g/mol. The fraction of sp³-hybridized carbons (Fsp3) is 0.941. The second kappa shape index (κ2) is 5.75. The number of fused-ring (bicyclic) bond motifs is 1. The molecule has 124 valence electrons. The Hall–Kier alpha value is -0.680. The van der Waals surface area contributed by atoms with Crippen molar-refractivity contribution >= 4 is 5.91 Å². The summed E-state index contributed by atoms with van der Waals surface area (Å²) in [6.45, 7) is 4.73. The standard InChI is InChI=1S/C17H27FN2O2/c18-17(6-1-7-17)16(21)20-9-3-14-15(20)2-8-19(14)12-13-4-10-22-11-5-13/h13-15H,1-12H2/t14-,15+/m0/s1. The Kier molecular flexibility index (Phi) is 3.89. The van der Waals surface area contributed by atoms with Crippen LogP contribution in [0.15, 0.2) is 0 Å². The summed E-state index contributed by atoms with van der Waals surface area (Å²) in [7, 11) is 0. The summed E-state index contributed by atoms with van der Waals surface area (Å²) in [5.74, 6) is 0.524. The van der Waals surface area contributed by atoms with Gasteiger partial charge in [0.25, 0.3) is 5.91 Å².